The molecule has 0 saturated heterocycles. The summed E-state index contributed by atoms with van der Waals surface area (Å²) in [6, 6.07) is 11.3. The van der Waals surface area contributed by atoms with Crippen molar-refractivity contribution in [3.8, 4) is 0 Å². The highest BCUT2D eigenvalue weighted by Gasteiger charge is 2.28. The first-order chi connectivity index (χ1) is 7.84. The molecule has 0 aliphatic rings. The van der Waals surface area contributed by atoms with E-state index in [-0.39, 0.29) is 4.90 Å². The summed E-state index contributed by atoms with van der Waals surface area (Å²) in [5, 5.41) is 1.11. The fourth-order valence-electron chi connectivity index (χ4n) is 1.58. The van der Waals surface area contributed by atoms with Gasteiger partial charge < -0.3 is 0 Å². The number of hydrogen-bond acceptors (Lipinski definition) is 4. The predicted octanol–water partition coefficient (Wildman–Crippen LogP) is 1.57. The summed E-state index contributed by atoms with van der Waals surface area (Å²) in [5.74, 6) is 0. The Morgan fingerprint density at radius 3 is 2.06 bits per heavy atom. The first-order valence-corrected chi connectivity index (χ1v) is 8.66. The number of fused-ring (bicyclic) bond motifs is 1. The zero-order valence-electron chi connectivity index (χ0n) is 8.99. The quantitative estimate of drug-likeness (QED) is 0.777. The van der Waals surface area contributed by atoms with Gasteiger partial charge in [0.2, 0.25) is 0 Å². The van der Waals surface area contributed by atoms with Gasteiger partial charge >= 0.3 is 0 Å². The van der Waals surface area contributed by atoms with Crippen molar-refractivity contribution in [1.29, 1.82) is 0 Å². The fraction of sp³-hybridized carbons (Fsp3) is 0.0909. The predicted molar refractivity (Wildman–Crippen MR) is 66.0 cm³/mol. The lowest BCUT2D eigenvalue weighted by atomic mass is 10.1. The number of rotatable bonds is 2. The maximum absolute atomic E-state index is 11.9. The second kappa shape index (κ2) is 3.82. The van der Waals surface area contributed by atoms with E-state index in [1.165, 1.54) is 12.1 Å². The first-order valence-electron chi connectivity index (χ1n) is 4.77. The van der Waals surface area contributed by atoms with E-state index in [1.54, 1.807) is 30.3 Å². The van der Waals surface area contributed by atoms with Gasteiger partial charge in [-0.2, -0.15) is 0 Å². The average molecular weight is 270 g/mol. The molecule has 17 heavy (non-hydrogen) atoms. The van der Waals surface area contributed by atoms with Crippen LogP contribution in [0.3, 0.4) is 0 Å². The molecule has 2 rings (SSSR count). The Morgan fingerprint density at radius 2 is 1.41 bits per heavy atom. The molecule has 4 nitrogen and oxygen atoms in total. The minimum atomic E-state index is -4.33. The zero-order valence-corrected chi connectivity index (χ0v) is 10.6. The molecule has 0 radical (unpaired) electrons. The Hall–Kier alpha value is -1.40. The Bertz CT molecular complexity index is 769. The van der Waals surface area contributed by atoms with E-state index in [0.717, 1.165) is 0 Å². The minimum absolute atomic E-state index is 0.168. The maximum atomic E-state index is 11.9. The minimum Gasteiger partial charge on any atom is -0.213 e. The van der Waals surface area contributed by atoms with E-state index in [9.17, 15) is 16.8 Å². The van der Waals surface area contributed by atoms with E-state index in [1.807, 2.05) is 0 Å². The first kappa shape index (κ1) is 12.1. The van der Waals surface area contributed by atoms with Gasteiger partial charge in [0.15, 0.2) is 0 Å². The van der Waals surface area contributed by atoms with Crippen LogP contribution in [0.25, 0.3) is 10.8 Å². The third-order valence-corrected chi connectivity index (χ3v) is 7.04. The molecule has 2 aromatic carbocycles. The Labute approximate surface area is 99.1 Å². The van der Waals surface area contributed by atoms with Gasteiger partial charge in [-0.1, -0.05) is 36.4 Å². The highest BCUT2D eigenvalue weighted by Crippen LogP contribution is 2.25. The Balaban J connectivity index is 2.91. The molecule has 6 heteroatoms. The molecule has 0 saturated carbocycles. The van der Waals surface area contributed by atoms with E-state index >= 15 is 0 Å². The van der Waals surface area contributed by atoms with Crippen molar-refractivity contribution >= 4 is 28.5 Å². The number of benzene rings is 2. The summed E-state index contributed by atoms with van der Waals surface area (Å²) in [7, 11) is -8.51. The lowest BCUT2D eigenvalue weighted by Gasteiger charge is -2.05. The summed E-state index contributed by atoms with van der Waals surface area (Å²) in [6.07, 6.45) is 0.699. The Morgan fingerprint density at radius 1 is 0.824 bits per heavy atom. The molecule has 0 atom stereocenters. The second-order valence-electron chi connectivity index (χ2n) is 3.64. The van der Waals surface area contributed by atoms with Crippen LogP contribution in [0.15, 0.2) is 47.4 Å². The standard InChI is InChI=1S/C11H10O4S2/c1-16(12,13)17(14,15)11-8-4-6-9-5-2-3-7-10(9)11/h2-8H,1H3. The summed E-state index contributed by atoms with van der Waals surface area (Å²) in [6.45, 7) is 0. The van der Waals surface area contributed by atoms with Crippen molar-refractivity contribution in [2.24, 2.45) is 0 Å². The van der Waals surface area contributed by atoms with E-state index in [2.05, 4.69) is 0 Å². The molecule has 0 amide bonds. The van der Waals surface area contributed by atoms with Crippen LogP contribution in [0.1, 0.15) is 0 Å². The smallest absolute Gasteiger partial charge is 0.213 e. The SMILES string of the molecule is CS(=O)(=O)S(=O)(=O)c1cccc2ccccc12. The molecule has 90 valence electrons. The lowest BCUT2D eigenvalue weighted by Crippen LogP contribution is -2.14. The van der Waals surface area contributed by atoms with Crippen molar-refractivity contribution < 1.29 is 16.8 Å². The molecule has 0 unspecified atom stereocenters. The fourth-order valence-corrected chi connectivity index (χ4v) is 4.02. The summed E-state index contributed by atoms with van der Waals surface area (Å²) in [5.41, 5.74) is 0. The molecule has 0 N–H and O–H groups in total. The average Bonchev–Trinajstić information content (AvgIpc) is 2.26. The number of hydrogen-bond donors (Lipinski definition) is 0. The van der Waals surface area contributed by atoms with Crippen molar-refractivity contribution in [3.63, 3.8) is 0 Å². The lowest BCUT2D eigenvalue weighted by molar-refractivity contribution is 0.586. The van der Waals surface area contributed by atoms with Gasteiger partial charge in [0, 0.05) is 5.39 Å². The maximum Gasteiger partial charge on any atom is 0.282 e. The van der Waals surface area contributed by atoms with Crippen LogP contribution in [0.4, 0.5) is 0 Å². The van der Waals surface area contributed by atoms with E-state index in [0.29, 0.717) is 17.0 Å². The van der Waals surface area contributed by atoms with E-state index in [4.69, 9.17) is 0 Å². The van der Waals surface area contributed by atoms with Crippen LogP contribution in [0, 0.1) is 0 Å². The molecule has 0 bridgehead atoms. The monoisotopic (exact) mass is 270 g/mol. The highest BCUT2D eigenvalue weighted by molar-refractivity contribution is 8.67. The van der Waals surface area contributed by atoms with Crippen LogP contribution in [-0.4, -0.2) is 23.1 Å². The van der Waals surface area contributed by atoms with Crippen LogP contribution in [0.2, 0.25) is 0 Å². The summed E-state index contributed by atoms with van der Waals surface area (Å²) < 4.78 is 46.4. The normalized spacial score (nSPS) is 12.8. The summed E-state index contributed by atoms with van der Waals surface area (Å²) >= 11 is 0. The van der Waals surface area contributed by atoms with Crippen molar-refractivity contribution in [1.82, 2.24) is 0 Å². The van der Waals surface area contributed by atoms with Crippen LogP contribution < -0.4 is 0 Å². The molecule has 0 aliphatic heterocycles. The molecule has 0 fully saturated rings. The van der Waals surface area contributed by atoms with Gasteiger partial charge in [-0.3, -0.25) is 0 Å². The molecule has 0 aliphatic carbocycles. The second-order valence-corrected chi connectivity index (χ2v) is 9.52. The largest absolute Gasteiger partial charge is 0.282 e. The zero-order chi connectivity index (χ0) is 12.7. The van der Waals surface area contributed by atoms with Gasteiger partial charge in [-0.15, -0.1) is 0 Å². The van der Waals surface area contributed by atoms with Crippen molar-refractivity contribution in [2.45, 2.75) is 4.90 Å². The van der Waals surface area contributed by atoms with Gasteiger partial charge in [0.1, 0.15) is 0 Å². The van der Waals surface area contributed by atoms with Crippen LogP contribution in [-0.2, 0) is 17.7 Å². The molecule has 2 aromatic rings. The van der Waals surface area contributed by atoms with Crippen molar-refractivity contribution in [3.05, 3.63) is 42.5 Å². The van der Waals surface area contributed by atoms with Crippen molar-refractivity contribution in [2.75, 3.05) is 6.26 Å². The highest BCUT2D eigenvalue weighted by atomic mass is 33.2. The van der Waals surface area contributed by atoms with Gasteiger partial charge in [0.25, 0.3) is 17.7 Å². The molecule has 0 spiro atoms. The van der Waals surface area contributed by atoms with Crippen LogP contribution >= 0.6 is 0 Å². The van der Waals surface area contributed by atoms with Crippen LogP contribution in [0.5, 0.6) is 0 Å². The third kappa shape index (κ3) is 1.94. The topological polar surface area (TPSA) is 68.3 Å². The Kier molecular flexibility index (Phi) is 2.71. The molecular formula is C11H10O4S2. The third-order valence-electron chi connectivity index (χ3n) is 2.42. The van der Waals surface area contributed by atoms with E-state index < -0.39 is 17.7 Å². The molecular weight excluding hydrogens is 260 g/mol. The van der Waals surface area contributed by atoms with Gasteiger partial charge in [0.05, 0.1) is 11.2 Å². The van der Waals surface area contributed by atoms with Gasteiger partial charge in [-0.25, -0.2) is 16.8 Å². The molecule has 0 heterocycles. The summed E-state index contributed by atoms with van der Waals surface area (Å²) in [4.78, 5) is -0.168. The van der Waals surface area contributed by atoms with Gasteiger partial charge in [-0.05, 0) is 11.5 Å². The molecule has 0 aromatic heterocycles.